The first-order valence-electron chi connectivity index (χ1n) is 7.84. The number of aryl methyl sites for hydroxylation is 1. The maximum atomic E-state index is 13.6. The lowest BCUT2D eigenvalue weighted by Crippen LogP contribution is -2.39. The Labute approximate surface area is 130 Å². The monoisotopic (exact) mass is 303 g/mol. The van der Waals surface area contributed by atoms with Gasteiger partial charge in [0.05, 0.1) is 12.2 Å². The molecule has 0 N–H and O–H groups in total. The van der Waals surface area contributed by atoms with Gasteiger partial charge in [-0.2, -0.15) is 5.10 Å². The van der Waals surface area contributed by atoms with Crippen molar-refractivity contribution in [2.24, 2.45) is 0 Å². The first-order chi connectivity index (χ1) is 10.7. The number of halogens is 1. The van der Waals surface area contributed by atoms with E-state index in [2.05, 4.69) is 10.00 Å². The molecule has 1 aliphatic rings. The highest BCUT2D eigenvalue weighted by Gasteiger charge is 2.21. The number of nitrogens with zero attached hydrogens (tertiary/aromatic N) is 3. The standard InChI is InChI=1S/C17H22FN3O/c1-14-6-11-21(19-14)13-12-20-9-7-15(8-10-20)22-17-5-3-2-4-16(17)18/h2-6,11,15H,7-10,12-13H2,1H3. The van der Waals surface area contributed by atoms with E-state index in [0.717, 1.165) is 44.7 Å². The van der Waals surface area contributed by atoms with E-state index in [0.29, 0.717) is 5.75 Å². The number of ether oxygens (including phenoxy) is 1. The lowest BCUT2D eigenvalue weighted by Gasteiger charge is -2.32. The van der Waals surface area contributed by atoms with Gasteiger partial charge in [0.15, 0.2) is 11.6 Å². The van der Waals surface area contributed by atoms with Gasteiger partial charge in [0.1, 0.15) is 6.10 Å². The van der Waals surface area contributed by atoms with Crippen LogP contribution in [0.4, 0.5) is 4.39 Å². The fraction of sp³-hybridized carbons (Fsp3) is 0.471. The molecule has 0 radical (unpaired) electrons. The summed E-state index contributed by atoms with van der Waals surface area (Å²) in [5.74, 6) is 0.0898. The second-order valence-electron chi connectivity index (χ2n) is 5.81. The highest BCUT2D eigenvalue weighted by Crippen LogP contribution is 2.21. The van der Waals surface area contributed by atoms with Crippen molar-refractivity contribution in [2.45, 2.75) is 32.4 Å². The van der Waals surface area contributed by atoms with Crippen LogP contribution in [0.2, 0.25) is 0 Å². The second kappa shape index (κ2) is 6.92. The molecule has 0 amide bonds. The molecule has 118 valence electrons. The number of piperidine rings is 1. The lowest BCUT2D eigenvalue weighted by atomic mass is 10.1. The van der Waals surface area contributed by atoms with Gasteiger partial charge in [-0.05, 0) is 38.0 Å². The Balaban J connectivity index is 1.43. The maximum absolute atomic E-state index is 13.6. The van der Waals surface area contributed by atoms with Crippen LogP contribution in [0.15, 0.2) is 36.5 Å². The molecule has 1 aromatic carbocycles. The molecule has 0 atom stereocenters. The zero-order chi connectivity index (χ0) is 15.4. The van der Waals surface area contributed by atoms with E-state index in [1.165, 1.54) is 6.07 Å². The molecule has 1 fully saturated rings. The van der Waals surface area contributed by atoms with Crippen LogP contribution in [0.5, 0.6) is 5.75 Å². The van der Waals surface area contributed by atoms with Crippen molar-refractivity contribution in [3.8, 4) is 5.75 Å². The van der Waals surface area contributed by atoms with Crippen LogP contribution in [0.25, 0.3) is 0 Å². The van der Waals surface area contributed by atoms with Crippen molar-refractivity contribution in [2.75, 3.05) is 19.6 Å². The predicted molar refractivity (Wildman–Crippen MR) is 83.5 cm³/mol. The van der Waals surface area contributed by atoms with Crippen molar-refractivity contribution in [3.05, 3.63) is 48.0 Å². The molecule has 1 aliphatic heterocycles. The van der Waals surface area contributed by atoms with Crippen molar-refractivity contribution in [1.29, 1.82) is 0 Å². The number of likely N-dealkylation sites (tertiary alicyclic amines) is 1. The van der Waals surface area contributed by atoms with E-state index in [1.54, 1.807) is 18.2 Å². The molecule has 0 spiro atoms. The minimum Gasteiger partial charge on any atom is -0.487 e. The number of hydrogen-bond donors (Lipinski definition) is 0. The third-order valence-electron chi connectivity index (χ3n) is 4.08. The van der Waals surface area contributed by atoms with Crippen molar-refractivity contribution in [3.63, 3.8) is 0 Å². The van der Waals surface area contributed by atoms with Gasteiger partial charge in [0, 0.05) is 25.8 Å². The van der Waals surface area contributed by atoms with Gasteiger partial charge in [-0.1, -0.05) is 12.1 Å². The van der Waals surface area contributed by atoms with Crippen LogP contribution in [-0.4, -0.2) is 40.4 Å². The molecule has 0 aliphatic carbocycles. The summed E-state index contributed by atoms with van der Waals surface area (Å²) in [5.41, 5.74) is 1.05. The van der Waals surface area contributed by atoms with Crippen LogP contribution < -0.4 is 4.74 Å². The van der Waals surface area contributed by atoms with Gasteiger partial charge in [-0.3, -0.25) is 4.68 Å². The third kappa shape index (κ3) is 3.85. The van der Waals surface area contributed by atoms with E-state index in [9.17, 15) is 4.39 Å². The van der Waals surface area contributed by atoms with Gasteiger partial charge < -0.3 is 9.64 Å². The number of hydrogen-bond acceptors (Lipinski definition) is 3. The summed E-state index contributed by atoms with van der Waals surface area (Å²) < 4.78 is 21.4. The van der Waals surface area contributed by atoms with E-state index in [4.69, 9.17) is 4.74 Å². The normalized spacial score (nSPS) is 16.8. The predicted octanol–water partition coefficient (Wildman–Crippen LogP) is 2.87. The van der Waals surface area contributed by atoms with Crippen LogP contribution in [0, 0.1) is 12.7 Å². The first kappa shape index (κ1) is 15.0. The summed E-state index contributed by atoms with van der Waals surface area (Å²) in [4.78, 5) is 2.41. The molecule has 0 bridgehead atoms. The molecule has 2 aromatic rings. The Morgan fingerprint density at radius 3 is 2.64 bits per heavy atom. The second-order valence-corrected chi connectivity index (χ2v) is 5.81. The highest BCUT2D eigenvalue weighted by molar-refractivity contribution is 5.23. The number of rotatable bonds is 5. The van der Waals surface area contributed by atoms with E-state index >= 15 is 0 Å². The van der Waals surface area contributed by atoms with Crippen LogP contribution in [0.3, 0.4) is 0 Å². The topological polar surface area (TPSA) is 30.3 Å². The first-order valence-corrected chi connectivity index (χ1v) is 7.84. The average molecular weight is 303 g/mol. The van der Waals surface area contributed by atoms with Gasteiger partial charge in [0.25, 0.3) is 0 Å². The van der Waals surface area contributed by atoms with E-state index < -0.39 is 0 Å². The molecular formula is C17H22FN3O. The summed E-state index contributed by atoms with van der Waals surface area (Å²) >= 11 is 0. The Morgan fingerprint density at radius 1 is 1.18 bits per heavy atom. The van der Waals surface area contributed by atoms with Crippen LogP contribution >= 0.6 is 0 Å². The number of benzene rings is 1. The zero-order valence-electron chi connectivity index (χ0n) is 12.9. The quantitative estimate of drug-likeness (QED) is 0.851. The van der Waals surface area contributed by atoms with Gasteiger partial charge in [-0.25, -0.2) is 4.39 Å². The molecular weight excluding hydrogens is 281 g/mol. The summed E-state index contributed by atoms with van der Waals surface area (Å²) in [6, 6.07) is 8.65. The molecule has 0 saturated carbocycles. The SMILES string of the molecule is Cc1ccn(CCN2CCC(Oc3ccccc3F)CC2)n1. The zero-order valence-corrected chi connectivity index (χ0v) is 12.9. The number of aromatic nitrogens is 2. The minimum absolute atomic E-state index is 0.111. The van der Waals surface area contributed by atoms with Gasteiger partial charge >= 0.3 is 0 Å². The molecule has 4 nitrogen and oxygen atoms in total. The van der Waals surface area contributed by atoms with Crippen molar-refractivity contribution in [1.82, 2.24) is 14.7 Å². The Bertz CT molecular complexity index is 605. The fourth-order valence-corrected chi connectivity index (χ4v) is 2.80. The van der Waals surface area contributed by atoms with Crippen molar-refractivity contribution < 1.29 is 9.13 Å². The summed E-state index contributed by atoms with van der Waals surface area (Å²) in [6.07, 6.45) is 4.00. The fourth-order valence-electron chi connectivity index (χ4n) is 2.80. The highest BCUT2D eigenvalue weighted by atomic mass is 19.1. The third-order valence-corrected chi connectivity index (χ3v) is 4.08. The summed E-state index contributed by atoms with van der Waals surface area (Å²) in [5, 5.41) is 4.40. The Kier molecular flexibility index (Phi) is 4.73. The van der Waals surface area contributed by atoms with Crippen LogP contribution in [0.1, 0.15) is 18.5 Å². The minimum atomic E-state index is -0.279. The molecule has 1 aromatic heterocycles. The van der Waals surface area contributed by atoms with Gasteiger partial charge in [0.2, 0.25) is 0 Å². The molecule has 5 heteroatoms. The van der Waals surface area contributed by atoms with Crippen molar-refractivity contribution >= 4 is 0 Å². The largest absolute Gasteiger partial charge is 0.487 e. The number of para-hydroxylation sites is 1. The van der Waals surface area contributed by atoms with E-state index in [-0.39, 0.29) is 11.9 Å². The molecule has 2 heterocycles. The van der Waals surface area contributed by atoms with Crippen LogP contribution in [-0.2, 0) is 6.54 Å². The molecule has 0 unspecified atom stereocenters. The summed E-state index contributed by atoms with van der Waals surface area (Å²) in [7, 11) is 0. The average Bonchev–Trinajstić information content (AvgIpc) is 2.94. The molecule has 22 heavy (non-hydrogen) atoms. The van der Waals surface area contributed by atoms with E-state index in [1.807, 2.05) is 23.9 Å². The summed E-state index contributed by atoms with van der Waals surface area (Å²) in [6.45, 7) is 5.88. The Hall–Kier alpha value is -1.88. The Morgan fingerprint density at radius 2 is 1.95 bits per heavy atom. The maximum Gasteiger partial charge on any atom is 0.165 e. The smallest absolute Gasteiger partial charge is 0.165 e. The lowest BCUT2D eigenvalue weighted by molar-refractivity contribution is 0.0947. The molecule has 3 rings (SSSR count). The molecule has 1 saturated heterocycles. The van der Waals surface area contributed by atoms with Gasteiger partial charge in [-0.15, -0.1) is 0 Å².